The van der Waals surface area contributed by atoms with Gasteiger partial charge in [-0.2, -0.15) is 5.10 Å². The SMILES string of the molecule is O=C(N/N=C\c1ccc(Cl)cc1Cl)c1cccn(Cc2ccccc2Cl)c1=O. The first-order chi connectivity index (χ1) is 13.5. The van der Waals surface area contributed by atoms with Crippen molar-refractivity contribution in [3.8, 4) is 0 Å². The minimum atomic E-state index is -0.625. The smallest absolute Gasteiger partial charge is 0.276 e. The highest BCUT2D eigenvalue weighted by molar-refractivity contribution is 6.36. The number of benzene rings is 2. The van der Waals surface area contributed by atoms with Crippen molar-refractivity contribution >= 4 is 46.9 Å². The number of hydrogen-bond acceptors (Lipinski definition) is 3. The number of nitrogens with one attached hydrogen (secondary N) is 1. The van der Waals surface area contributed by atoms with Gasteiger partial charge >= 0.3 is 0 Å². The standard InChI is InChI=1S/C20H14Cl3N3O2/c21-15-8-7-13(18(23)10-15)11-24-25-19(27)16-5-3-9-26(20(16)28)12-14-4-1-2-6-17(14)22/h1-11H,12H2,(H,25,27)/b24-11-. The summed E-state index contributed by atoms with van der Waals surface area (Å²) < 4.78 is 1.41. The van der Waals surface area contributed by atoms with Gasteiger partial charge in [0.1, 0.15) is 5.56 Å². The van der Waals surface area contributed by atoms with Crippen LogP contribution in [0.5, 0.6) is 0 Å². The summed E-state index contributed by atoms with van der Waals surface area (Å²) in [7, 11) is 0. The van der Waals surface area contributed by atoms with Crippen molar-refractivity contribution in [3.05, 3.63) is 103 Å². The van der Waals surface area contributed by atoms with Crippen LogP contribution in [-0.2, 0) is 6.54 Å². The molecule has 0 aliphatic heterocycles. The molecule has 0 aliphatic carbocycles. The first-order valence-corrected chi connectivity index (χ1v) is 9.30. The maximum absolute atomic E-state index is 12.6. The average molecular weight is 435 g/mol. The van der Waals surface area contributed by atoms with Crippen molar-refractivity contribution in [2.45, 2.75) is 6.54 Å². The van der Waals surface area contributed by atoms with Gasteiger partial charge in [-0.15, -0.1) is 0 Å². The zero-order valence-electron chi connectivity index (χ0n) is 14.4. The van der Waals surface area contributed by atoms with Gasteiger partial charge in [-0.1, -0.05) is 59.1 Å². The molecule has 0 saturated carbocycles. The van der Waals surface area contributed by atoms with E-state index in [1.807, 2.05) is 18.2 Å². The molecule has 0 saturated heterocycles. The van der Waals surface area contributed by atoms with Crippen molar-refractivity contribution in [1.82, 2.24) is 9.99 Å². The monoisotopic (exact) mass is 433 g/mol. The molecular weight excluding hydrogens is 421 g/mol. The molecule has 142 valence electrons. The van der Waals surface area contributed by atoms with Gasteiger partial charge < -0.3 is 4.57 Å². The number of rotatable bonds is 5. The Morgan fingerprint density at radius 1 is 1.04 bits per heavy atom. The van der Waals surface area contributed by atoms with E-state index in [0.717, 1.165) is 5.56 Å². The predicted molar refractivity (Wildman–Crippen MR) is 113 cm³/mol. The molecule has 0 unspecified atom stereocenters. The highest BCUT2D eigenvalue weighted by Crippen LogP contribution is 2.19. The van der Waals surface area contributed by atoms with E-state index < -0.39 is 11.5 Å². The maximum Gasteiger partial charge on any atom is 0.276 e. The summed E-state index contributed by atoms with van der Waals surface area (Å²) in [4.78, 5) is 25.0. The van der Waals surface area contributed by atoms with E-state index in [0.29, 0.717) is 20.6 Å². The summed E-state index contributed by atoms with van der Waals surface area (Å²) in [6, 6.07) is 15.1. The highest BCUT2D eigenvalue weighted by atomic mass is 35.5. The van der Waals surface area contributed by atoms with Gasteiger partial charge in [-0.05, 0) is 35.9 Å². The largest absolute Gasteiger partial charge is 0.310 e. The number of hydrogen-bond donors (Lipinski definition) is 1. The molecule has 0 atom stereocenters. The molecule has 0 fully saturated rings. The minimum absolute atomic E-state index is 0.0334. The lowest BCUT2D eigenvalue weighted by atomic mass is 10.2. The number of halogens is 3. The van der Waals surface area contributed by atoms with Crippen LogP contribution >= 0.6 is 34.8 Å². The number of aromatic nitrogens is 1. The van der Waals surface area contributed by atoms with E-state index in [-0.39, 0.29) is 12.1 Å². The Hall–Kier alpha value is -2.60. The van der Waals surface area contributed by atoms with E-state index in [9.17, 15) is 9.59 Å². The number of nitrogens with zero attached hydrogens (tertiary/aromatic N) is 2. The fourth-order valence-electron chi connectivity index (χ4n) is 2.47. The maximum atomic E-state index is 12.6. The fraction of sp³-hybridized carbons (Fsp3) is 0.0500. The lowest BCUT2D eigenvalue weighted by molar-refractivity contribution is 0.0953. The van der Waals surface area contributed by atoms with Crippen molar-refractivity contribution < 1.29 is 4.79 Å². The zero-order valence-corrected chi connectivity index (χ0v) is 16.7. The summed E-state index contributed by atoms with van der Waals surface area (Å²) in [5, 5.41) is 5.30. The van der Waals surface area contributed by atoms with Crippen LogP contribution in [0, 0.1) is 0 Å². The van der Waals surface area contributed by atoms with Crippen LogP contribution in [0.3, 0.4) is 0 Å². The Labute approximate surface area is 176 Å². The predicted octanol–water partition coefficient (Wildman–Crippen LogP) is 4.62. The van der Waals surface area contributed by atoms with Crippen LogP contribution < -0.4 is 11.0 Å². The third-order valence-electron chi connectivity index (χ3n) is 3.90. The molecule has 1 heterocycles. The number of pyridine rings is 1. The number of hydrazone groups is 1. The van der Waals surface area contributed by atoms with Crippen LogP contribution in [0.15, 0.2) is 70.7 Å². The van der Waals surface area contributed by atoms with Crippen LogP contribution in [-0.4, -0.2) is 16.7 Å². The molecule has 1 aromatic heterocycles. The molecule has 2 aromatic carbocycles. The number of carbonyl (C=O) groups excluding carboxylic acids is 1. The van der Waals surface area contributed by atoms with Crippen molar-refractivity contribution in [1.29, 1.82) is 0 Å². The molecule has 3 aromatic rings. The Kier molecular flexibility index (Phi) is 6.52. The first kappa shape index (κ1) is 20.1. The summed E-state index contributed by atoms with van der Waals surface area (Å²) in [6.45, 7) is 0.253. The van der Waals surface area contributed by atoms with E-state index in [4.69, 9.17) is 34.8 Å². The van der Waals surface area contributed by atoms with Crippen LogP contribution in [0.1, 0.15) is 21.5 Å². The van der Waals surface area contributed by atoms with Crippen molar-refractivity contribution in [3.63, 3.8) is 0 Å². The molecule has 0 radical (unpaired) electrons. The molecule has 0 bridgehead atoms. The van der Waals surface area contributed by atoms with Gasteiger partial charge in [0.2, 0.25) is 0 Å². The van der Waals surface area contributed by atoms with Gasteiger partial charge in [-0.3, -0.25) is 9.59 Å². The molecule has 8 heteroatoms. The molecular formula is C20H14Cl3N3O2. The lowest BCUT2D eigenvalue weighted by Gasteiger charge is -2.09. The molecule has 1 amide bonds. The molecule has 0 aliphatic rings. The molecule has 1 N–H and O–H groups in total. The van der Waals surface area contributed by atoms with Gasteiger partial charge in [0.25, 0.3) is 11.5 Å². The lowest BCUT2D eigenvalue weighted by Crippen LogP contribution is -2.31. The number of amides is 1. The highest BCUT2D eigenvalue weighted by Gasteiger charge is 2.12. The van der Waals surface area contributed by atoms with E-state index in [1.165, 1.54) is 16.8 Å². The van der Waals surface area contributed by atoms with Gasteiger partial charge in [0.15, 0.2) is 0 Å². The van der Waals surface area contributed by atoms with Crippen molar-refractivity contribution in [2.75, 3.05) is 0 Å². The van der Waals surface area contributed by atoms with Crippen LogP contribution in [0.2, 0.25) is 15.1 Å². The van der Waals surface area contributed by atoms with Gasteiger partial charge in [-0.25, -0.2) is 5.43 Å². The van der Waals surface area contributed by atoms with Crippen LogP contribution in [0.25, 0.3) is 0 Å². The van der Waals surface area contributed by atoms with Gasteiger partial charge in [0, 0.05) is 21.8 Å². The Bertz CT molecular complexity index is 1110. The average Bonchev–Trinajstić information content (AvgIpc) is 2.67. The molecule has 0 spiro atoms. The molecule has 3 rings (SSSR count). The summed E-state index contributed by atoms with van der Waals surface area (Å²) in [5.74, 6) is -0.625. The molecule has 28 heavy (non-hydrogen) atoms. The topological polar surface area (TPSA) is 63.5 Å². The van der Waals surface area contributed by atoms with E-state index in [2.05, 4.69) is 10.5 Å². The number of carbonyl (C=O) groups is 1. The van der Waals surface area contributed by atoms with Gasteiger partial charge in [0.05, 0.1) is 17.8 Å². The first-order valence-electron chi connectivity index (χ1n) is 8.17. The Morgan fingerprint density at radius 3 is 2.57 bits per heavy atom. The zero-order chi connectivity index (χ0) is 20.1. The summed E-state index contributed by atoms with van der Waals surface area (Å²) in [6.07, 6.45) is 2.97. The third-order valence-corrected chi connectivity index (χ3v) is 4.83. The summed E-state index contributed by atoms with van der Waals surface area (Å²) in [5.41, 5.74) is 3.21. The quantitative estimate of drug-likeness (QED) is 0.470. The molecule has 5 nitrogen and oxygen atoms in total. The minimum Gasteiger partial charge on any atom is -0.310 e. The normalized spacial score (nSPS) is 11.0. The second-order valence-electron chi connectivity index (χ2n) is 5.81. The van der Waals surface area contributed by atoms with E-state index >= 15 is 0 Å². The van der Waals surface area contributed by atoms with Crippen LogP contribution in [0.4, 0.5) is 0 Å². The van der Waals surface area contributed by atoms with E-state index in [1.54, 1.807) is 36.5 Å². The second kappa shape index (κ2) is 9.06. The summed E-state index contributed by atoms with van der Waals surface area (Å²) >= 11 is 18.0. The third kappa shape index (κ3) is 4.81. The van der Waals surface area contributed by atoms with Crippen molar-refractivity contribution in [2.24, 2.45) is 5.10 Å². The Balaban J connectivity index is 1.76. The second-order valence-corrected chi connectivity index (χ2v) is 7.06. The Morgan fingerprint density at radius 2 is 1.82 bits per heavy atom. The fourth-order valence-corrected chi connectivity index (χ4v) is 3.12.